The molecule has 0 radical (unpaired) electrons. The second kappa shape index (κ2) is 10.9. The highest BCUT2D eigenvalue weighted by Gasteiger charge is 2.33. The normalized spacial score (nSPS) is 15.6. The van der Waals surface area contributed by atoms with Crippen molar-refractivity contribution in [1.82, 2.24) is 25.3 Å². The van der Waals surface area contributed by atoms with E-state index in [1.807, 2.05) is 4.90 Å². The number of anilines is 2. The molecule has 0 spiro atoms. The number of amides is 1. The van der Waals surface area contributed by atoms with Crippen molar-refractivity contribution >= 4 is 40.5 Å². The van der Waals surface area contributed by atoms with Crippen molar-refractivity contribution in [3.8, 4) is 0 Å². The number of alkyl halides is 3. The first-order chi connectivity index (χ1) is 17.1. The van der Waals surface area contributed by atoms with Crippen LogP contribution in [0.4, 0.5) is 24.8 Å². The summed E-state index contributed by atoms with van der Waals surface area (Å²) in [7, 11) is 0. The van der Waals surface area contributed by atoms with Gasteiger partial charge in [0.15, 0.2) is 0 Å². The molecule has 4 rings (SSSR count). The predicted octanol–water partition coefficient (Wildman–Crippen LogP) is 4.06. The minimum absolute atomic E-state index is 0.0332. The molecule has 1 aliphatic rings. The first kappa shape index (κ1) is 26.0. The number of pyridine rings is 1. The molecule has 14 heteroatoms. The monoisotopic (exact) mass is 541 g/mol. The van der Waals surface area contributed by atoms with Gasteiger partial charge in [-0.2, -0.15) is 13.2 Å². The number of aliphatic hydroxyl groups is 1. The third kappa shape index (κ3) is 6.39. The number of nitrogens with zero attached hydrogens (tertiary/aromatic N) is 5. The van der Waals surface area contributed by atoms with Crippen molar-refractivity contribution < 1.29 is 23.1 Å². The van der Waals surface area contributed by atoms with E-state index in [1.165, 1.54) is 17.7 Å². The molecule has 3 aromatic rings. The van der Waals surface area contributed by atoms with E-state index >= 15 is 0 Å². The van der Waals surface area contributed by atoms with Crippen LogP contribution in [0.1, 0.15) is 51.7 Å². The molecule has 9 nitrogen and oxygen atoms in total. The van der Waals surface area contributed by atoms with E-state index in [0.717, 1.165) is 17.1 Å². The first-order valence-corrected chi connectivity index (χ1v) is 12.3. The molecule has 1 amide bonds. The van der Waals surface area contributed by atoms with Crippen LogP contribution in [0.25, 0.3) is 0 Å². The zero-order chi connectivity index (χ0) is 25.9. The smallest absolute Gasteiger partial charge is 0.393 e. The number of rotatable bonds is 7. The Balaban J connectivity index is 1.35. The SMILES string of the molecule is C[C@@H](NC(=O)c1cc(N2CCC(O)CC2)ncn1)c1ncc(CNc2cc(C(F)(F)F)c(Cl)cn2)s1. The van der Waals surface area contributed by atoms with Crippen LogP contribution in [-0.2, 0) is 12.7 Å². The van der Waals surface area contributed by atoms with Gasteiger partial charge in [-0.1, -0.05) is 11.6 Å². The van der Waals surface area contributed by atoms with E-state index < -0.39 is 22.8 Å². The Morgan fingerprint density at radius 3 is 2.69 bits per heavy atom. The number of carbonyl (C=O) groups excluding carboxylic acids is 1. The van der Waals surface area contributed by atoms with Crippen LogP contribution in [0.2, 0.25) is 5.02 Å². The molecule has 1 aliphatic heterocycles. The fourth-order valence-corrected chi connectivity index (χ4v) is 4.68. The van der Waals surface area contributed by atoms with Gasteiger partial charge in [-0.25, -0.2) is 19.9 Å². The molecule has 0 bridgehead atoms. The average Bonchev–Trinajstić information content (AvgIpc) is 3.33. The van der Waals surface area contributed by atoms with Crippen LogP contribution in [0.15, 0.2) is 30.9 Å². The van der Waals surface area contributed by atoms with Crippen molar-refractivity contribution in [2.24, 2.45) is 0 Å². The first-order valence-electron chi connectivity index (χ1n) is 11.1. The molecule has 1 atom stereocenters. The van der Waals surface area contributed by atoms with Gasteiger partial charge in [0.1, 0.15) is 28.7 Å². The van der Waals surface area contributed by atoms with Gasteiger partial charge in [-0.15, -0.1) is 11.3 Å². The van der Waals surface area contributed by atoms with Gasteiger partial charge in [0, 0.05) is 36.4 Å². The number of thiazole rings is 1. The Morgan fingerprint density at radius 2 is 1.97 bits per heavy atom. The second-order valence-electron chi connectivity index (χ2n) is 8.24. The maximum atomic E-state index is 13.0. The molecular formula is C22H23ClF3N7O2S. The molecule has 0 aromatic carbocycles. The van der Waals surface area contributed by atoms with E-state index in [4.69, 9.17) is 11.6 Å². The molecule has 192 valence electrons. The van der Waals surface area contributed by atoms with E-state index in [-0.39, 0.29) is 30.1 Å². The average molecular weight is 542 g/mol. The number of aromatic nitrogens is 4. The highest BCUT2D eigenvalue weighted by Crippen LogP contribution is 2.35. The van der Waals surface area contributed by atoms with Crippen molar-refractivity contribution in [2.45, 2.75) is 44.6 Å². The van der Waals surface area contributed by atoms with Crippen molar-refractivity contribution in [3.63, 3.8) is 0 Å². The number of hydrogen-bond donors (Lipinski definition) is 3. The summed E-state index contributed by atoms with van der Waals surface area (Å²) in [4.78, 5) is 32.0. The molecule has 0 saturated carbocycles. The minimum atomic E-state index is -4.58. The lowest BCUT2D eigenvalue weighted by Crippen LogP contribution is -2.36. The second-order valence-corrected chi connectivity index (χ2v) is 9.79. The van der Waals surface area contributed by atoms with Gasteiger partial charge in [-0.3, -0.25) is 4.79 Å². The number of halogens is 4. The van der Waals surface area contributed by atoms with Crippen LogP contribution in [0.5, 0.6) is 0 Å². The molecule has 3 N–H and O–H groups in total. The molecule has 0 aliphatic carbocycles. The maximum Gasteiger partial charge on any atom is 0.418 e. The fraction of sp³-hybridized carbons (Fsp3) is 0.409. The van der Waals surface area contributed by atoms with Crippen molar-refractivity contribution in [2.75, 3.05) is 23.3 Å². The van der Waals surface area contributed by atoms with Gasteiger partial charge in [0.2, 0.25) is 0 Å². The summed E-state index contributed by atoms with van der Waals surface area (Å²) < 4.78 is 39.1. The lowest BCUT2D eigenvalue weighted by atomic mass is 10.1. The molecule has 0 unspecified atom stereocenters. The molecule has 3 aromatic heterocycles. The van der Waals surface area contributed by atoms with Crippen LogP contribution < -0.4 is 15.5 Å². The Hall–Kier alpha value is -3.03. The van der Waals surface area contributed by atoms with Gasteiger partial charge >= 0.3 is 6.18 Å². The third-order valence-electron chi connectivity index (χ3n) is 5.57. The standard InChI is InChI=1S/C22H23ClF3N7O2S/c1-12(32-20(35)17-7-19(31-11-30-17)33-4-2-13(34)3-5-33)21-29-9-14(36-21)8-27-18-6-15(22(24,25)26)16(23)10-28-18/h6-7,9-13,34H,2-5,8H2,1H3,(H,27,28)(H,32,35)/t12-/m1/s1. The predicted molar refractivity (Wildman–Crippen MR) is 129 cm³/mol. The van der Waals surface area contributed by atoms with Crippen LogP contribution >= 0.6 is 22.9 Å². The van der Waals surface area contributed by atoms with Crippen molar-refractivity contribution in [3.05, 3.63) is 57.0 Å². The van der Waals surface area contributed by atoms with E-state index in [0.29, 0.717) is 36.8 Å². The summed E-state index contributed by atoms with van der Waals surface area (Å²) in [6, 6.07) is 2.05. The Morgan fingerprint density at radius 1 is 1.22 bits per heavy atom. The molecular weight excluding hydrogens is 519 g/mol. The number of aliphatic hydroxyl groups excluding tert-OH is 1. The summed E-state index contributed by atoms with van der Waals surface area (Å²) in [5.74, 6) is 0.274. The Kier molecular flexibility index (Phi) is 7.91. The largest absolute Gasteiger partial charge is 0.418 e. The summed E-state index contributed by atoms with van der Waals surface area (Å²) in [5, 5.41) is 15.5. The topological polar surface area (TPSA) is 116 Å². The van der Waals surface area contributed by atoms with E-state index in [1.54, 1.807) is 19.2 Å². The summed E-state index contributed by atoms with van der Waals surface area (Å²) >= 11 is 6.91. The van der Waals surface area contributed by atoms with Crippen LogP contribution in [-0.4, -0.2) is 50.1 Å². The van der Waals surface area contributed by atoms with E-state index in [9.17, 15) is 23.1 Å². The summed E-state index contributed by atoms with van der Waals surface area (Å²) in [6.45, 7) is 3.27. The minimum Gasteiger partial charge on any atom is -0.393 e. The van der Waals surface area contributed by atoms with Gasteiger partial charge in [0.05, 0.1) is 29.3 Å². The molecule has 1 saturated heterocycles. The van der Waals surface area contributed by atoms with Crippen molar-refractivity contribution in [1.29, 1.82) is 0 Å². The maximum absolute atomic E-state index is 13.0. The van der Waals surface area contributed by atoms with Gasteiger partial charge in [-0.05, 0) is 25.8 Å². The quantitative estimate of drug-likeness (QED) is 0.410. The van der Waals surface area contributed by atoms with Gasteiger partial charge < -0.3 is 20.6 Å². The molecule has 4 heterocycles. The van der Waals surface area contributed by atoms with Crippen LogP contribution in [0, 0.1) is 0 Å². The Labute approximate surface area is 213 Å². The molecule has 36 heavy (non-hydrogen) atoms. The zero-order valence-corrected chi connectivity index (χ0v) is 20.7. The van der Waals surface area contributed by atoms with Crippen LogP contribution in [0.3, 0.4) is 0 Å². The fourth-order valence-electron chi connectivity index (χ4n) is 3.61. The van der Waals surface area contributed by atoms with Gasteiger partial charge in [0.25, 0.3) is 5.91 Å². The highest BCUT2D eigenvalue weighted by atomic mass is 35.5. The lowest BCUT2D eigenvalue weighted by Gasteiger charge is -2.30. The molecule has 1 fully saturated rings. The number of nitrogens with one attached hydrogen (secondary N) is 2. The van der Waals surface area contributed by atoms with E-state index in [2.05, 4.69) is 30.6 Å². The lowest BCUT2D eigenvalue weighted by molar-refractivity contribution is -0.137. The zero-order valence-electron chi connectivity index (χ0n) is 19.1. The Bertz CT molecular complexity index is 1220. The summed E-state index contributed by atoms with van der Waals surface area (Å²) in [5.41, 5.74) is -0.751. The number of hydrogen-bond acceptors (Lipinski definition) is 9. The summed E-state index contributed by atoms with van der Waals surface area (Å²) in [6.07, 6.45) is 0.261. The number of carbonyl (C=O) groups is 1. The number of piperidine rings is 1. The third-order valence-corrected chi connectivity index (χ3v) is 7.05. The highest BCUT2D eigenvalue weighted by molar-refractivity contribution is 7.11.